The maximum Gasteiger partial charge on any atom is 0.319 e. The lowest BCUT2D eigenvalue weighted by Crippen LogP contribution is -2.18. The summed E-state index contributed by atoms with van der Waals surface area (Å²) in [7, 11) is 1.28. The third-order valence-electron chi connectivity index (χ3n) is 1.95. The first-order chi connectivity index (χ1) is 7.45. The Bertz CT molecular complexity index is 389. The van der Waals surface area contributed by atoms with Crippen molar-refractivity contribution in [3.8, 4) is 0 Å². The molecule has 0 aliphatic heterocycles. The molecule has 0 fully saturated rings. The lowest BCUT2D eigenvalue weighted by atomic mass is 10.1. The summed E-state index contributed by atoms with van der Waals surface area (Å²) in [6.07, 6.45) is 0.241. The molecule has 0 bridgehead atoms. The van der Waals surface area contributed by atoms with Gasteiger partial charge in [0, 0.05) is 10.0 Å². The van der Waals surface area contributed by atoms with Crippen molar-refractivity contribution in [2.75, 3.05) is 7.11 Å². The molecule has 88 valence electrons. The Morgan fingerprint density at radius 1 is 1.50 bits per heavy atom. The van der Waals surface area contributed by atoms with Crippen LogP contribution >= 0.6 is 39.1 Å². The number of carbonyl (C=O) groups excluding carboxylic acids is 1. The van der Waals surface area contributed by atoms with E-state index in [0.717, 1.165) is 12.1 Å². The molecule has 0 spiro atoms. The Kier molecular flexibility index (Phi) is 5.02. The smallest absolute Gasteiger partial charge is 0.319 e. The Morgan fingerprint density at radius 3 is 2.44 bits per heavy atom. The molecule has 0 N–H and O–H groups in total. The van der Waals surface area contributed by atoms with Gasteiger partial charge in [0.15, 0.2) is 0 Å². The van der Waals surface area contributed by atoms with Gasteiger partial charge in [0.2, 0.25) is 0 Å². The first kappa shape index (κ1) is 13.7. The molecule has 0 heterocycles. The minimum Gasteiger partial charge on any atom is -0.468 e. The van der Waals surface area contributed by atoms with Crippen molar-refractivity contribution in [3.05, 3.63) is 33.6 Å². The summed E-state index contributed by atoms with van der Waals surface area (Å²) in [6, 6.07) is 2.31. The highest BCUT2D eigenvalue weighted by molar-refractivity contribution is 9.10. The highest BCUT2D eigenvalue weighted by Crippen LogP contribution is 2.28. The first-order valence-corrected chi connectivity index (χ1v) is 5.98. The molecule has 1 aromatic rings. The summed E-state index contributed by atoms with van der Waals surface area (Å²) in [4.78, 5) is 10.6. The van der Waals surface area contributed by atoms with Crippen LogP contribution in [-0.2, 0) is 16.0 Å². The molecule has 6 heteroatoms. The number of hydrogen-bond donors (Lipinski definition) is 0. The number of hydrogen-bond acceptors (Lipinski definition) is 2. The average Bonchev–Trinajstić information content (AvgIpc) is 2.21. The summed E-state index contributed by atoms with van der Waals surface area (Å²) in [5.41, 5.74) is 0.511. The minimum absolute atomic E-state index is 0.193. The number of benzene rings is 1. The quantitative estimate of drug-likeness (QED) is 0.625. The van der Waals surface area contributed by atoms with Gasteiger partial charge >= 0.3 is 5.97 Å². The fourth-order valence-corrected chi connectivity index (χ4v) is 2.28. The van der Waals surface area contributed by atoms with Gasteiger partial charge in [0.25, 0.3) is 0 Å². The van der Waals surface area contributed by atoms with Gasteiger partial charge in [0.1, 0.15) is 10.6 Å². The van der Waals surface area contributed by atoms with E-state index in [4.69, 9.17) is 23.2 Å². The van der Waals surface area contributed by atoms with Crippen LogP contribution in [0.5, 0.6) is 0 Å². The number of esters is 1. The van der Waals surface area contributed by atoms with Crippen LogP contribution < -0.4 is 0 Å². The van der Waals surface area contributed by atoms with E-state index < -0.39 is 16.6 Å². The number of halogens is 4. The van der Waals surface area contributed by atoms with E-state index in [1.807, 2.05) is 0 Å². The number of rotatable bonds is 3. The molecule has 0 aliphatic carbocycles. The SMILES string of the molecule is COC(=O)C(Br)Cc1c(Cl)cc(F)cc1Cl. The molecule has 2 nitrogen and oxygen atoms in total. The lowest BCUT2D eigenvalue weighted by molar-refractivity contribution is -0.139. The van der Waals surface area contributed by atoms with Gasteiger partial charge in [-0.3, -0.25) is 4.79 Å². The molecule has 1 rings (SSSR count). The largest absolute Gasteiger partial charge is 0.468 e. The van der Waals surface area contributed by atoms with Crippen LogP contribution in [-0.4, -0.2) is 17.9 Å². The van der Waals surface area contributed by atoms with Crippen LogP contribution in [0.3, 0.4) is 0 Å². The Balaban J connectivity index is 2.93. The molecular formula is C10H8BrCl2FO2. The van der Waals surface area contributed by atoms with Gasteiger partial charge in [-0.15, -0.1) is 0 Å². The number of ether oxygens (including phenoxy) is 1. The van der Waals surface area contributed by atoms with Crippen LogP contribution in [0.15, 0.2) is 12.1 Å². The maximum absolute atomic E-state index is 12.9. The van der Waals surface area contributed by atoms with Gasteiger partial charge in [-0.1, -0.05) is 39.1 Å². The fourth-order valence-electron chi connectivity index (χ4n) is 1.16. The number of alkyl halides is 1. The molecule has 1 unspecified atom stereocenters. The predicted octanol–water partition coefficient (Wildman–Crippen LogP) is 3.61. The van der Waals surface area contributed by atoms with Crippen molar-refractivity contribution in [2.45, 2.75) is 11.2 Å². The van der Waals surface area contributed by atoms with Crippen molar-refractivity contribution < 1.29 is 13.9 Å². The Hall–Kier alpha value is -0.320. The van der Waals surface area contributed by atoms with Crippen molar-refractivity contribution in [1.29, 1.82) is 0 Å². The third kappa shape index (κ3) is 3.34. The van der Waals surface area contributed by atoms with Crippen molar-refractivity contribution >= 4 is 45.1 Å². The predicted molar refractivity (Wildman–Crippen MR) is 64.9 cm³/mol. The number of carbonyl (C=O) groups is 1. The van der Waals surface area contributed by atoms with E-state index in [0.29, 0.717) is 5.56 Å². The van der Waals surface area contributed by atoms with Gasteiger partial charge < -0.3 is 4.74 Å². The van der Waals surface area contributed by atoms with Crippen LogP contribution in [0.4, 0.5) is 4.39 Å². The zero-order valence-corrected chi connectivity index (χ0v) is 11.4. The average molecular weight is 330 g/mol. The summed E-state index contributed by atoms with van der Waals surface area (Å²) in [5, 5.41) is 0.386. The third-order valence-corrected chi connectivity index (χ3v) is 3.32. The lowest BCUT2D eigenvalue weighted by Gasteiger charge is -2.10. The molecule has 0 radical (unpaired) electrons. The summed E-state index contributed by atoms with van der Waals surface area (Å²) in [5.74, 6) is -0.945. The van der Waals surface area contributed by atoms with E-state index in [-0.39, 0.29) is 16.5 Å². The minimum atomic E-state index is -0.557. The summed E-state index contributed by atoms with van der Waals surface area (Å²) >= 11 is 14.8. The van der Waals surface area contributed by atoms with Crippen LogP contribution in [0.1, 0.15) is 5.56 Å². The second kappa shape index (κ2) is 5.84. The summed E-state index contributed by atoms with van der Waals surface area (Å²) in [6.45, 7) is 0. The van der Waals surface area contributed by atoms with E-state index in [9.17, 15) is 9.18 Å². The van der Waals surface area contributed by atoms with Gasteiger partial charge in [-0.05, 0) is 24.1 Å². The van der Waals surface area contributed by atoms with Crippen molar-refractivity contribution in [2.24, 2.45) is 0 Å². The van der Waals surface area contributed by atoms with Crippen LogP contribution in [0.25, 0.3) is 0 Å². The molecule has 16 heavy (non-hydrogen) atoms. The number of methoxy groups -OCH3 is 1. The zero-order chi connectivity index (χ0) is 12.3. The molecule has 0 saturated carbocycles. The molecule has 0 aliphatic rings. The normalized spacial score (nSPS) is 12.3. The summed E-state index contributed by atoms with van der Waals surface area (Å²) < 4.78 is 17.4. The maximum atomic E-state index is 12.9. The Labute approximate surface area is 111 Å². The molecule has 1 aromatic carbocycles. The van der Waals surface area contributed by atoms with Gasteiger partial charge in [0.05, 0.1) is 7.11 Å². The van der Waals surface area contributed by atoms with Gasteiger partial charge in [-0.25, -0.2) is 4.39 Å². The standard InChI is InChI=1S/C10H8BrCl2FO2/c1-16-10(15)7(11)4-6-8(12)2-5(14)3-9(6)13/h2-3,7H,4H2,1H3. The van der Waals surface area contributed by atoms with Crippen molar-refractivity contribution in [1.82, 2.24) is 0 Å². The van der Waals surface area contributed by atoms with Crippen LogP contribution in [0.2, 0.25) is 10.0 Å². The van der Waals surface area contributed by atoms with Crippen molar-refractivity contribution in [3.63, 3.8) is 0 Å². The second-order valence-corrected chi connectivity index (χ2v) is 4.96. The van der Waals surface area contributed by atoms with E-state index in [1.54, 1.807) is 0 Å². The van der Waals surface area contributed by atoms with E-state index in [2.05, 4.69) is 20.7 Å². The molecule has 0 saturated heterocycles. The van der Waals surface area contributed by atoms with E-state index >= 15 is 0 Å². The zero-order valence-electron chi connectivity index (χ0n) is 8.27. The Morgan fingerprint density at radius 2 is 2.00 bits per heavy atom. The molecule has 0 aromatic heterocycles. The molecular weight excluding hydrogens is 322 g/mol. The van der Waals surface area contributed by atoms with Gasteiger partial charge in [-0.2, -0.15) is 0 Å². The highest BCUT2D eigenvalue weighted by atomic mass is 79.9. The molecule has 1 atom stereocenters. The monoisotopic (exact) mass is 328 g/mol. The highest BCUT2D eigenvalue weighted by Gasteiger charge is 2.19. The van der Waals surface area contributed by atoms with Crippen LogP contribution in [0, 0.1) is 5.82 Å². The first-order valence-electron chi connectivity index (χ1n) is 4.31. The molecule has 0 amide bonds. The fraction of sp³-hybridized carbons (Fsp3) is 0.300. The topological polar surface area (TPSA) is 26.3 Å². The second-order valence-electron chi connectivity index (χ2n) is 3.04. The van der Waals surface area contributed by atoms with E-state index in [1.165, 1.54) is 7.11 Å².